The molecule has 0 saturated carbocycles. The van der Waals surface area contributed by atoms with Crippen molar-refractivity contribution >= 4 is 17.7 Å². The number of carboxylic acid groups (broad SMARTS) is 1. The van der Waals surface area contributed by atoms with Gasteiger partial charge in [-0.25, -0.2) is 4.68 Å². The monoisotopic (exact) mass is 270 g/mol. The van der Waals surface area contributed by atoms with E-state index >= 15 is 0 Å². The molecule has 0 bridgehead atoms. The average Bonchev–Trinajstić information content (AvgIpc) is 2.85. The first-order valence-corrected chi connectivity index (χ1v) is 7.34. The van der Waals surface area contributed by atoms with Crippen LogP contribution >= 0.6 is 11.8 Å². The number of carbonyl (C=O) groups is 1. The molecule has 2 unspecified atom stereocenters. The Morgan fingerprint density at radius 1 is 1.61 bits per heavy atom. The molecule has 2 heterocycles. The van der Waals surface area contributed by atoms with E-state index in [-0.39, 0.29) is 5.92 Å². The van der Waals surface area contributed by atoms with Crippen LogP contribution in [0.25, 0.3) is 0 Å². The van der Waals surface area contributed by atoms with Crippen LogP contribution in [0.3, 0.4) is 0 Å². The van der Waals surface area contributed by atoms with Gasteiger partial charge < -0.3 is 5.11 Å². The predicted molar refractivity (Wildman–Crippen MR) is 68.3 cm³/mol. The molecule has 1 aromatic heterocycles. The Kier molecular flexibility index (Phi) is 4.57. The van der Waals surface area contributed by atoms with Gasteiger partial charge in [0.15, 0.2) is 5.82 Å². The van der Waals surface area contributed by atoms with Crippen molar-refractivity contribution in [3.05, 3.63) is 5.82 Å². The highest BCUT2D eigenvalue weighted by atomic mass is 32.2. The van der Waals surface area contributed by atoms with E-state index < -0.39 is 5.97 Å². The third kappa shape index (κ3) is 3.22. The SMILES string of the molecule is CC(CCn1nnnc1C1CCCCS1)C(=O)O. The number of tetrazole rings is 1. The van der Waals surface area contributed by atoms with Crippen LogP contribution in [0, 0.1) is 5.92 Å². The minimum absolute atomic E-state index is 0.360. The summed E-state index contributed by atoms with van der Waals surface area (Å²) in [5.74, 6) is 0.929. The van der Waals surface area contributed by atoms with Crippen LogP contribution in [0.15, 0.2) is 0 Å². The van der Waals surface area contributed by atoms with Gasteiger partial charge in [0.2, 0.25) is 0 Å². The molecule has 0 spiro atoms. The number of hydrogen-bond donors (Lipinski definition) is 1. The summed E-state index contributed by atoms with van der Waals surface area (Å²) in [6.45, 7) is 2.29. The van der Waals surface area contributed by atoms with E-state index in [2.05, 4.69) is 15.5 Å². The van der Waals surface area contributed by atoms with Gasteiger partial charge in [-0.2, -0.15) is 11.8 Å². The van der Waals surface area contributed by atoms with Crippen molar-refractivity contribution in [3.63, 3.8) is 0 Å². The highest BCUT2D eigenvalue weighted by Crippen LogP contribution is 2.36. The largest absolute Gasteiger partial charge is 0.481 e. The van der Waals surface area contributed by atoms with Gasteiger partial charge in [0.05, 0.1) is 11.2 Å². The first-order valence-electron chi connectivity index (χ1n) is 6.29. The number of aliphatic carboxylic acids is 1. The summed E-state index contributed by atoms with van der Waals surface area (Å²) in [7, 11) is 0. The molecular weight excluding hydrogens is 252 g/mol. The molecule has 0 aromatic carbocycles. The molecular formula is C11H18N4O2S. The lowest BCUT2D eigenvalue weighted by Crippen LogP contribution is -2.16. The van der Waals surface area contributed by atoms with Gasteiger partial charge in [-0.3, -0.25) is 4.79 Å². The minimum atomic E-state index is -0.767. The van der Waals surface area contributed by atoms with Gasteiger partial charge in [0.1, 0.15) is 0 Å². The average molecular weight is 270 g/mol. The van der Waals surface area contributed by atoms with E-state index in [1.54, 1.807) is 11.6 Å². The zero-order valence-electron chi connectivity index (χ0n) is 10.4. The number of aromatic nitrogens is 4. The maximum absolute atomic E-state index is 10.8. The van der Waals surface area contributed by atoms with Crippen molar-refractivity contribution in [1.82, 2.24) is 20.2 Å². The standard InChI is InChI=1S/C11H18N4O2S/c1-8(11(16)17)5-6-15-10(12-13-14-15)9-4-2-3-7-18-9/h8-9H,2-7H2,1H3,(H,16,17). The minimum Gasteiger partial charge on any atom is -0.481 e. The van der Waals surface area contributed by atoms with Crippen LogP contribution in [0.1, 0.15) is 43.7 Å². The summed E-state index contributed by atoms with van der Waals surface area (Å²) in [5, 5.41) is 21.0. The van der Waals surface area contributed by atoms with Crippen molar-refractivity contribution < 1.29 is 9.90 Å². The van der Waals surface area contributed by atoms with E-state index in [0.29, 0.717) is 18.2 Å². The first kappa shape index (κ1) is 13.3. The van der Waals surface area contributed by atoms with Crippen molar-refractivity contribution in [2.45, 2.75) is 44.4 Å². The number of rotatable bonds is 5. The molecule has 1 N–H and O–H groups in total. The smallest absolute Gasteiger partial charge is 0.306 e. The zero-order valence-corrected chi connectivity index (χ0v) is 11.3. The fraction of sp³-hybridized carbons (Fsp3) is 0.818. The second-order valence-electron chi connectivity index (χ2n) is 4.64. The van der Waals surface area contributed by atoms with Gasteiger partial charge in [-0.15, -0.1) is 5.10 Å². The van der Waals surface area contributed by atoms with Gasteiger partial charge >= 0.3 is 5.97 Å². The molecule has 0 radical (unpaired) electrons. The molecule has 2 atom stereocenters. The molecule has 0 aliphatic carbocycles. The fourth-order valence-corrected chi connectivity index (χ4v) is 3.29. The molecule has 100 valence electrons. The summed E-state index contributed by atoms with van der Waals surface area (Å²) < 4.78 is 1.77. The predicted octanol–water partition coefficient (Wildman–Crippen LogP) is 1.74. The number of carboxylic acids is 1. The second kappa shape index (κ2) is 6.17. The van der Waals surface area contributed by atoms with Crippen LogP contribution < -0.4 is 0 Å². The fourth-order valence-electron chi connectivity index (χ4n) is 1.99. The van der Waals surface area contributed by atoms with Gasteiger partial charge in [-0.05, 0) is 35.4 Å². The lowest BCUT2D eigenvalue weighted by molar-refractivity contribution is -0.141. The van der Waals surface area contributed by atoms with Crippen LogP contribution in [0.5, 0.6) is 0 Å². The Balaban J connectivity index is 1.96. The Morgan fingerprint density at radius 3 is 3.11 bits per heavy atom. The summed E-state index contributed by atoms with van der Waals surface area (Å²) in [5.41, 5.74) is 0. The zero-order chi connectivity index (χ0) is 13.0. The van der Waals surface area contributed by atoms with Crippen LogP contribution in [0.4, 0.5) is 0 Å². The maximum Gasteiger partial charge on any atom is 0.306 e. The molecule has 2 rings (SSSR count). The van der Waals surface area contributed by atoms with Crippen molar-refractivity contribution in [2.75, 3.05) is 5.75 Å². The summed E-state index contributed by atoms with van der Waals surface area (Å²) in [6, 6.07) is 0. The molecule has 7 heteroatoms. The van der Waals surface area contributed by atoms with E-state index in [9.17, 15) is 4.79 Å². The van der Waals surface area contributed by atoms with E-state index in [0.717, 1.165) is 18.0 Å². The first-order chi connectivity index (χ1) is 8.68. The molecule has 0 amide bonds. The Morgan fingerprint density at radius 2 is 2.44 bits per heavy atom. The van der Waals surface area contributed by atoms with Gasteiger partial charge in [0.25, 0.3) is 0 Å². The maximum atomic E-state index is 10.8. The van der Waals surface area contributed by atoms with Crippen molar-refractivity contribution in [2.24, 2.45) is 5.92 Å². The third-order valence-corrected chi connectivity index (χ3v) is 4.60. The molecule has 6 nitrogen and oxygen atoms in total. The van der Waals surface area contributed by atoms with Gasteiger partial charge in [-0.1, -0.05) is 13.3 Å². The summed E-state index contributed by atoms with van der Waals surface area (Å²) in [4.78, 5) is 10.8. The summed E-state index contributed by atoms with van der Waals surface area (Å²) >= 11 is 1.90. The van der Waals surface area contributed by atoms with E-state index in [1.165, 1.54) is 12.8 Å². The van der Waals surface area contributed by atoms with E-state index in [1.807, 2.05) is 11.8 Å². The Bertz CT molecular complexity index is 404. The molecule has 1 aliphatic heterocycles. The third-order valence-electron chi connectivity index (χ3n) is 3.22. The van der Waals surface area contributed by atoms with Crippen LogP contribution in [-0.4, -0.2) is 37.0 Å². The molecule has 18 heavy (non-hydrogen) atoms. The Labute approximate surface area is 110 Å². The normalized spacial score (nSPS) is 21.7. The highest BCUT2D eigenvalue weighted by Gasteiger charge is 2.22. The van der Waals surface area contributed by atoms with E-state index in [4.69, 9.17) is 5.11 Å². The molecule has 1 fully saturated rings. The topological polar surface area (TPSA) is 80.9 Å². The lowest BCUT2D eigenvalue weighted by Gasteiger charge is -2.20. The molecule has 1 aromatic rings. The number of nitrogens with zero attached hydrogens (tertiary/aromatic N) is 4. The van der Waals surface area contributed by atoms with Crippen LogP contribution in [0.2, 0.25) is 0 Å². The molecule has 1 aliphatic rings. The Hall–Kier alpha value is -1.11. The van der Waals surface area contributed by atoms with Crippen LogP contribution in [-0.2, 0) is 11.3 Å². The number of thioether (sulfide) groups is 1. The van der Waals surface area contributed by atoms with Gasteiger partial charge in [0, 0.05) is 6.54 Å². The number of aryl methyl sites for hydroxylation is 1. The molecule has 1 saturated heterocycles. The number of hydrogen-bond acceptors (Lipinski definition) is 5. The van der Waals surface area contributed by atoms with Crippen molar-refractivity contribution in [1.29, 1.82) is 0 Å². The second-order valence-corrected chi connectivity index (χ2v) is 5.95. The lowest BCUT2D eigenvalue weighted by atomic mass is 10.1. The summed E-state index contributed by atoms with van der Waals surface area (Å²) in [6.07, 6.45) is 4.15. The van der Waals surface area contributed by atoms with Crippen molar-refractivity contribution in [3.8, 4) is 0 Å². The highest BCUT2D eigenvalue weighted by molar-refractivity contribution is 7.99. The quantitative estimate of drug-likeness (QED) is 0.877.